The predicted molar refractivity (Wildman–Crippen MR) is 75.4 cm³/mol. The first-order chi connectivity index (χ1) is 9.73. The lowest BCUT2D eigenvalue weighted by Gasteiger charge is -2.29. The lowest BCUT2D eigenvalue weighted by atomic mass is 10.1. The Morgan fingerprint density at radius 1 is 1.40 bits per heavy atom. The van der Waals surface area contributed by atoms with Crippen molar-refractivity contribution in [2.45, 2.75) is 26.2 Å². The summed E-state index contributed by atoms with van der Waals surface area (Å²) in [5.41, 5.74) is 2.81. The van der Waals surface area contributed by atoms with Crippen LogP contribution in [0, 0.1) is 6.92 Å². The molecule has 0 spiro atoms. The van der Waals surface area contributed by atoms with Crippen LogP contribution >= 0.6 is 0 Å². The van der Waals surface area contributed by atoms with E-state index in [9.17, 15) is 0 Å². The molecule has 104 valence electrons. The smallest absolute Gasteiger partial charge is 0.322 e. The Labute approximate surface area is 118 Å². The highest BCUT2D eigenvalue weighted by Crippen LogP contribution is 2.40. The summed E-state index contributed by atoms with van der Waals surface area (Å²) in [4.78, 5) is 8.14. The van der Waals surface area contributed by atoms with Crippen LogP contribution < -0.4 is 10.1 Å². The largest absolute Gasteiger partial charge is 0.420 e. The van der Waals surface area contributed by atoms with Gasteiger partial charge in [0.15, 0.2) is 0 Å². The topological polar surface area (TPSA) is 56.3 Å². The molecule has 1 aliphatic rings. The third kappa shape index (κ3) is 2.20. The van der Waals surface area contributed by atoms with Gasteiger partial charge in [-0.15, -0.1) is 0 Å². The second-order valence-electron chi connectivity index (χ2n) is 4.80. The molecule has 5 heteroatoms. The van der Waals surface area contributed by atoms with E-state index in [0.717, 1.165) is 23.2 Å². The molecule has 0 saturated carbocycles. The van der Waals surface area contributed by atoms with Gasteiger partial charge in [0.1, 0.15) is 12.0 Å². The van der Waals surface area contributed by atoms with Crippen molar-refractivity contribution >= 4 is 5.69 Å². The molecule has 1 aliphatic heterocycles. The molecule has 0 amide bonds. The third-order valence-corrected chi connectivity index (χ3v) is 3.12. The number of hydrogen-bond acceptors (Lipinski definition) is 5. The first kappa shape index (κ1) is 12.9. The van der Waals surface area contributed by atoms with Crippen molar-refractivity contribution in [3.05, 3.63) is 47.9 Å². The van der Waals surface area contributed by atoms with Crippen LogP contribution in [0.15, 0.2) is 36.8 Å². The summed E-state index contributed by atoms with van der Waals surface area (Å²) in [6.45, 7) is 4.69. The van der Waals surface area contributed by atoms with E-state index in [1.54, 1.807) is 6.20 Å². The predicted octanol–water partition coefficient (Wildman–Crippen LogP) is 2.83. The quantitative estimate of drug-likeness (QED) is 0.926. The summed E-state index contributed by atoms with van der Waals surface area (Å²) in [5, 5.41) is 3.26. The summed E-state index contributed by atoms with van der Waals surface area (Å²) in [6.07, 6.45) is 4.06. The average Bonchev–Trinajstić information content (AvgIpc) is 2.85. The van der Waals surface area contributed by atoms with Crippen molar-refractivity contribution in [1.82, 2.24) is 9.97 Å². The number of hydrogen-bond donors (Lipinski definition) is 1. The highest BCUT2D eigenvalue weighted by molar-refractivity contribution is 5.57. The summed E-state index contributed by atoms with van der Waals surface area (Å²) in [5.74, 6) is -0.502. The van der Waals surface area contributed by atoms with Crippen molar-refractivity contribution in [1.29, 1.82) is 0 Å². The molecule has 20 heavy (non-hydrogen) atoms. The van der Waals surface area contributed by atoms with E-state index in [2.05, 4.69) is 22.2 Å². The van der Waals surface area contributed by atoms with Crippen LogP contribution in [0.3, 0.4) is 0 Å². The molecule has 0 saturated heterocycles. The molecule has 0 bridgehead atoms. The molecule has 1 aromatic heterocycles. The van der Waals surface area contributed by atoms with Gasteiger partial charge in [0.25, 0.3) is 0 Å². The van der Waals surface area contributed by atoms with Gasteiger partial charge in [-0.3, -0.25) is 0 Å². The van der Waals surface area contributed by atoms with Crippen LogP contribution in [0.4, 0.5) is 5.69 Å². The van der Waals surface area contributed by atoms with Crippen molar-refractivity contribution in [2.75, 3.05) is 11.9 Å². The SMILES string of the molecule is CCCOC1(c2cccc(C)c2)Nc2cncnc2O1. The van der Waals surface area contributed by atoms with E-state index in [0.29, 0.717) is 12.5 Å². The van der Waals surface area contributed by atoms with Crippen LogP contribution in [0.5, 0.6) is 5.88 Å². The van der Waals surface area contributed by atoms with Crippen LogP contribution in [-0.4, -0.2) is 16.6 Å². The Morgan fingerprint density at radius 3 is 3.05 bits per heavy atom. The zero-order valence-electron chi connectivity index (χ0n) is 11.6. The number of aromatic nitrogens is 2. The molecule has 1 atom stereocenters. The average molecular weight is 271 g/mol. The number of anilines is 1. The number of aryl methyl sites for hydroxylation is 1. The van der Waals surface area contributed by atoms with Gasteiger partial charge in [-0.25, -0.2) is 4.98 Å². The molecule has 5 nitrogen and oxygen atoms in total. The van der Waals surface area contributed by atoms with Crippen LogP contribution in [0.1, 0.15) is 24.5 Å². The maximum Gasteiger partial charge on any atom is 0.322 e. The molecular weight excluding hydrogens is 254 g/mol. The Bertz CT molecular complexity index is 591. The number of ether oxygens (including phenoxy) is 2. The van der Waals surface area contributed by atoms with Gasteiger partial charge in [0, 0.05) is 5.56 Å². The molecule has 2 aromatic rings. The van der Waals surface area contributed by atoms with Crippen molar-refractivity contribution in [3.8, 4) is 5.88 Å². The van der Waals surface area contributed by atoms with E-state index in [4.69, 9.17) is 9.47 Å². The second-order valence-corrected chi connectivity index (χ2v) is 4.80. The van der Waals surface area contributed by atoms with Gasteiger partial charge in [-0.2, -0.15) is 4.98 Å². The fourth-order valence-corrected chi connectivity index (χ4v) is 2.20. The molecule has 0 fully saturated rings. The van der Waals surface area contributed by atoms with Gasteiger partial charge in [0.05, 0.1) is 12.8 Å². The monoisotopic (exact) mass is 271 g/mol. The Balaban J connectivity index is 2.00. The van der Waals surface area contributed by atoms with Gasteiger partial charge in [-0.1, -0.05) is 30.7 Å². The summed E-state index contributed by atoms with van der Waals surface area (Å²) in [6, 6.07) is 8.05. The maximum absolute atomic E-state index is 5.96. The fourth-order valence-electron chi connectivity index (χ4n) is 2.20. The Morgan fingerprint density at radius 2 is 2.30 bits per heavy atom. The van der Waals surface area contributed by atoms with Crippen molar-refractivity contribution in [2.24, 2.45) is 0 Å². The van der Waals surface area contributed by atoms with E-state index in [1.807, 2.05) is 31.2 Å². The van der Waals surface area contributed by atoms with Gasteiger partial charge >= 0.3 is 5.91 Å². The van der Waals surface area contributed by atoms with Crippen LogP contribution in [0.2, 0.25) is 0 Å². The first-order valence-corrected chi connectivity index (χ1v) is 6.72. The summed E-state index contributed by atoms with van der Waals surface area (Å²) >= 11 is 0. The summed E-state index contributed by atoms with van der Waals surface area (Å²) in [7, 11) is 0. The number of rotatable bonds is 4. The number of benzene rings is 1. The molecule has 1 N–H and O–H groups in total. The maximum atomic E-state index is 5.96. The second kappa shape index (κ2) is 5.09. The lowest BCUT2D eigenvalue weighted by Crippen LogP contribution is -2.40. The lowest BCUT2D eigenvalue weighted by molar-refractivity contribution is -0.162. The third-order valence-electron chi connectivity index (χ3n) is 3.12. The number of nitrogens with zero attached hydrogens (tertiary/aromatic N) is 2. The van der Waals surface area contributed by atoms with E-state index < -0.39 is 5.91 Å². The normalized spacial score (nSPS) is 20.1. The minimum Gasteiger partial charge on any atom is -0.420 e. The minimum atomic E-state index is -1.01. The molecule has 0 radical (unpaired) electrons. The van der Waals surface area contributed by atoms with Gasteiger partial charge in [-0.05, 0) is 19.4 Å². The Kier molecular flexibility index (Phi) is 3.28. The molecule has 2 heterocycles. The van der Waals surface area contributed by atoms with Crippen molar-refractivity contribution < 1.29 is 9.47 Å². The molecule has 0 aliphatic carbocycles. The van der Waals surface area contributed by atoms with E-state index in [1.165, 1.54) is 6.33 Å². The minimum absolute atomic E-state index is 0.512. The zero-order chi connectivity index (χ0) is 14.0. The van der Waals surface area contributed by atoms with Crippen LogP contribution in [-0.2, 0) is 10.6 Å². The molecule has 1 aromatic carbocycles. The summed E-state index contributed by atoms with van der Waals surface area (Å²) < 4.78 is 11.9. The van der Waals surface area contributed by atoms with E-state index >= 15 is 0 Å². The molecule has 1 unspecified atom stereocenters. The number of fused-ring (bicyclic) bond motifs is 1. The zero-order valence-corrected chi connectivity index (χ0v) is 11.6. The highest BCUT2D eigenvalue weighted by Gasteiger charge is 2.43. The standard InChI is InChI=1S/C15H17N3O2/c1-3-7-19-15(12-6-4-5-11(2)8-12)18-13-9-16-10-17-14(13)20-15/h4-6,8-10,18H,3,7H2,1-2H3. The fraction of sp³-hybridized carbons (Fsp3) is 0.333. The van der Waals surface area contributed by atoms with Crippen LogP contribution in [0.25, 0.3) is 0 Å². The highest BCUT2D eigenvalue weighted by atomic mass is 16.7. The molecular formula is C15H17N3O2. The van der Waals surface area contributed by atoms with Gasteiger partial charge in [0.2, 0.25) is 5.88 Å². The van der Waals surface area contributed by atoms with E-state index in [-0.39, 0.29) is 0 Å². The first-order valence-electron chi connectivity index (χ1n) is 6.72. The Hall–Kier alpha value is -2.14. The van der Waals surface area contributed by atoms with Crippen molar-refractivity contribution in [3.63, 3.8) is 0 Å². The van der Waals surface area contributed by atoms with Gasteiger partial charge < -0.3 is 14.8 Å². The molecule has 3 rings (SSSR count). The number of nitrogens with one attached hydrogen (secondary N) is 1.